The number of hydrogen-bond acceptors (Lipinski definition) is 8. The van der Waals surface area contributed by atoms with E-state index in [9.17, 15) is 14.7 Å². The first-order valence-electron chi connectivity index (χ1n) is 12.3. The number of likely N-dealkylation sites (tertiary alicyclic amines) is 1. The monoisotopic (exact) mass is 549 g/mol. The molecule has 4 aromatic rings. The number of nitrogens with zero attached hydrogens (tertiary/aromatic N) is 3. The summed E-state index contributed by atoms with van der Waals surface area (Å²) in [6.07, 6.45) is 4.59. The zero-order valence-corrected chi connectivity index (χ0v) is 22.4. The van der Waals surface area contributed by atoms with Gasteiger partial charge in [0.15, 0.2) is 15.6 Å². The largest absolute Gasteiger partial charge is 0.476 e. The number of aromatic nitrogens is 2. The van der Waals surface area contributed by atoms with Gasteiger partial charge in [0.2, 0.25) is 11.8 Å². The highest BCUT2D eigenvalue weighted by molar-refractivity contribution is 8.01. The fraction of sp³-hybridized carbons (Fsp3) is 0.286. The fourth-order valence-electron chi connectivity index (χ4n) is 4.46. The van der Waals surface area contributed by atoms with E-state index < -0.39 is 12.1 Å². The van der Waals surface area contributed by atoms with Crippen LogP contribution in [0, 0.1) is 6.92 Å². The van der Waals surface area contributed by atoms with E-state index in [1.807, 2.05) is 60.4 Å². The number of aromatic carboxylic acids is 1. The van der Waals surface area contributed by atoms with E-state index in [0.717, 1.165) is 27.8 Å². The molecule has 0 radical (unpaired) electrons. The van der Waals surface area contributed by atoms with Gasteiger partial charge in [-0.15, -0.1) is 11.3 Å². The maximum atomic E-state index is 12.4. The molecule has 10 heteroatoms. The molecule has 1 amide bonds. The minimum absolute atomic E-state index is 0.0408. The van der Waals surface area contributed by atoms with E-state index in [-0.39, 0.29) is 17.6 Å². The molecule has 0 aliphatic carbocycles. The Morgan fingerprint density at radius 3 is 2.97 bits per heavy atom. The predicted molar refractivity (Wildman–Crippen MR) is 148 cm³/mol. The van der Waals surface area contributed by atoms with E-state index in [4.69, 9.17) is 9.52 Å². The van der Waals surface area contributed by atoms with Gasteiger partial charge in [0, 0.05) is 36.1 Å². The Hall–Kier alpha value is -3.47. The molecule has 8 nitrogen and oxygen atoms in total. The number of aliphatic hydroxyl groups is 1. The molecule has 3 heterocycles. The minimum atomic E-state index is -1.04. The van der Waals surface area contributed by atoms with Gasteiger partial charge in [0.1, 0.15) is 5.52 Å². The lowest BCUT2D eigenvalue weighted by Gasteiger charge is -2.22. The summed E-state index contributed by atoms with van der Waals surface area (Å²) in [5, 5.41) is 21.2. The molecule has 2 N–H and O–H groups in total. The molecule has 0 bridgehead atoms. The maximum Gasteiger partial charge on any atom is 0.355 e. The Bertz CT molecular complexity index is 1490. The molecule has 1 saturated heterocycles. The number of aryl methyl sites for hydroxylation is 1. The summed E-state index contributed by atoms with van der Waals surface area (Å²) in [4.78, 5) is 33.9. The fourth-order valence-corrected chi connectivity index (χ4v) is 6.27. The third-order valence-electron chi connectivity index (χ3n) is 6.35. The summed E-state index contributed by atoms with van der Waals surface area (Å²) in [7, 11) is 0. The molecule has 2 atom stereocenters. The van der Waals surface area contributed by atoms with Crippen LogP contribution in [0.4, 0.5) is 0 Å². The van der Waals surface area contributed by atoms with E-state index >= 15 is 0 Å². The third kappa shape index (κ3) is 6.15. The van der Waals surface area contributed by atoms with Crippen LogP contribution in [0.25, 0.3) is 22.6 Å². The Morgan fingerprint density at radius 1 is 1.29 bits per heavy atom. The molecule has 2 aromatic carbocycles. The molecule has 5 rings (SSSR count). The van der Waals surface area contributed by atoms with Gasteiger partial charge in [-0.05, 0) is 48.7 Å². The number of carboxylic acid groups (broad SMARTS) is 1. The van der Waals surface area contributed by atoms with Crippen molar-refractivity contribution in [1.82, 2.24) is 14.9 Å². The standard InChI is InChI=1S/C28H27N3O5S2/c1-17-5-9-24-22(13-17)29-26(36-24)19-4-2-3-18(14-19)15-21(32)8-6-20-7-10-25(33)31(20)11-12-37-28-30-23(16-38-28)27(34)35/h2-6,8-9,13-14,16,20-21,32H,7,10-12,15H2,1H3,(H,34,35)/t20-,21+/m0/s1. The summed E-state index contributed by atoms with van der Waals surface area (Å²) in [6, 6.07) is 13.6. The Morgan fingerprint density at radius 2 is 2.16 bits per heavy atom. The maximum absolute atomic E-state index is 12.4. The second-order valence-corrected chi connectivity index (χ2v) is 11.4. The van der Waals surface area contributed by atoms with Crippen LogP contribution in [-0.2, 0) is 11.2 Å². The van der Waals surface area contributed by atoms with Gasteiger partial charge >= 0.3 is 5.97 Å². The number of carboxylic acids is 1. The summed E-state index contributed by atoms with van der Waals surface area (Å²) in [5.41, 5.74) is 4.53. The first kappa shape index (κ1) is 26.1. The zero-order chi connectivity index (χ0) is 26.6. The molecule has 196 valence electrons. The Kier molecular flexibility index (Phi) is 7.92. The number of carbonyl (C=O) groups is 2. The van der Waals surface area contributed by atoms with Crippen molar-refractivity contribution in [3.05, 3.63) is 76.8 Å². The number of thiazole rings is 1. The molecule has 38 heavy (non-hydrogen) atoms. The van der Waals surface area contributed by atoms with Crippen LogP contribution in [-0.4, -0.2) is 61.4 Å². The molecule has 2 aromatic heterocycles. The van der Waals surface area contributed by atoms with Crippen molar-refractivity contribution in [1.29, 1.82) is 0 Å². The van der Waals surface area contributed by atoms with E-state index in [0.29, 0.717) is 41.8 Å². The lowest BCUT2D eigenvalue weighted by atomic mass is 10.0. The number of benzene rings is 2. The number of rotatable bonds is 10. The van der Waals surface area contributed by atoms with Crippen LogP contribution in [0.1, 0.15) is 34.5 Å². The molecule has 0 unspecified atom stereocenters. The average molecular weight is 550 g/mol. The van der Waals surface area contributed by atoms with Crippen LogP contribution in [0.3, 0.4) is 0 Å². The smallest absolute Gasteiger partial charge is 0.355 e. The van der Waals surface area contributed by atoms with Crippen LogP contribution in [0.5, 0.6) is 0 Å². The minimum Gasteiger partial charge on any atom is -0.476 e. The number of amides is 1. The van der Waals surface area contributed by atoms with Gasteiger partial charge in [-0.1, -0.05) is 42.1 Å². The number of carbonyl (C=O) groups excluding carboxylic acids is 1. The molecule has 0 spiro atoms. The van der Waals surface area contributed by atoms with Crippen LogP contribution < -0.4 is 0 Å². The second-order valence-electron chi connectivity index (χ2n) is 9.19. The highest BCUT2D eigenvalue weighted by Crippen LogP contribution is 2.27. The lowest BCUT2D eigenvalue weighted by Crippen LogP contribution is -2.33. The zero-order valence-electron chi connectivity index (χ0n) is 20.7. The van der Waals surface area contributed by atoms with Gasteiger partial charge in [-0.3, -0.25) is 4.79 Å². The van der Waals surface area contributed by atoms with Gasteiger partial charge < -0.3 is 19.5 Å². The average Bonchev–Trinajstić information content (AvgIpc) is 3.62. The molecular weight excluding hydrogens is 522 g/mol. The van der Waals surface area contributed by atoms with E-state index in [1.165, 1.54) is 28.5 Å². The van der Waals surface area contributed by atoms with E-state index in [2.05, 4.69) is 9.97 Å². The first-order valence-corrected chi connectivity index (χ1v) is 14.2. The molecular formula is C28H27N3O5S2. The molecule has 1 aliphatic heterocycles. The number of fused-ring (bicyclic) bond motifs is 1. The normalized spacial score (nSPS) is 16.6. The van der Waals surface area contributed by atoms with Crippen LogP contribution in [0.2, 0.25) is 0 Å². The van der Waals surface area contributed by atoms with Crippen molar-refractivity contribution in [2.24, 2.45) is 0 Å². The van der Waals surface area contributed by atoms with Crippen molar-refractivity contribution in [2.45, 2.75) is 42.7 Å². The van der Waals surface area contributed by atoms with Gasteiger partial charge in [0.05, 0.1) is 12.1 Å². The van der Waals surface area contributed by atoms with Gasteiger partial charge in [-0.25, -0.2) is 14.8 Å². The van der Waals surface area contributed by atoms with Gasteiger partial charge in [0.25, 0.3) is 0 Å². The number of thioether (sulfide) groups is 1. The van der Waals surface area contributed by atoms with Crippen molar-refractivity contribution in [2.75, 3.05) is 12.3 Å². The highest BCUT2D eigenvalue weighted by atomic mass is 32.2. The van der Waals surface area contributed by atoms with Gasteiger partial charge in [-0.2, -0.15) is 0 Å². The SMILES string of the molecule is Cc1ccc2oc(-c3cccc(C[C@H](O)C=C[C@H]4CCC(=O)N4CCSc4nc(C(=O)O)cs4)c3)nc2c1. The Balaban J connectivity index is 1.18. The number of hydrogen-bond donors (Lipinski definition) is 2. The molecule has 1 fully saturated rings. The highest BCUT2D eigenvalue weighted by Gasteiger charge is 2.28. The quantitative estimate of drug-likeness (QED) is 0.205. The summed E-state index contributed by atoms with van der Waals surface area (Å²) in [5.74, 6) is 0.209. The summed E-state index contributed by atoms with van der Waals surface area (Å²) >= 11 is 2.73. The number of aliphatic hydroxyl groups excluding tert-OH is 1. The summed E-state index contributed by atoms with van der Waals surface area (Å²) < 4.78 is 6.59. The van der Waals surface area contributed by atoms with Crippen molar-refractivity contribution < 1.29 is 24.2 Å². The molecule has 0 saturated carbocycles. The Labute approximate surface area is 228 Å². The van der Waals surface area contributed by atoms with Crippen molar-refractivity contribution in [3.63, 3.8) is 0 Å². The van der Waals surface area contributed by atoms with Crippen LogP contribution in [0.15, 0.2) is 68.8 Å². The summed E-state index contributed by atoms with van der Waals surface area (Å²) in [6.45, 7) is 2.55. The van der Waals surface area contributed by atoms with Crippen molar-refractivity contribution >= 4 is 46.1 Å². The topological polar surface area (TPSA) is 117 Å². The lowest BCUT2D eigenvalue weighted by molar-refractivity contribution is -0.128. The predicted octanol–water partition coefficient (Wildman–Crippen LogP) is 5.20. The second kappa shape index (κ2) is 11.5. The molecule has 1 aliphatic rings. The van der Waals surface area contributed by atoms with Crippen molar-refractivity contribution in [3.8, 4) is 11.5 Å². The van der Waals surface area contributed by atoms with Crippen LogP contribution >= 0.6 is 23.1 Å². The van der Waals surface area contributed by atoms with E-state index in [1.54, 1.807) is 6.08 Å². The first-order chi connectivity index (χ1) is 18.4. The third-order valence-corrected chi connectivity index (χ3v) is 8.35. The number of oxazole rings is 1.